The van der Waals surface area contributed by atoms with Gasteiger partial charge < -0.3 is 5.11 Å². The van der Waals surface area contributed by atoms with E-state index in [1.54, 1.807) is 6.07 Å². The number of hydrogen-bond acceptors (Lipinski definition) is 5. The van der Waals surface area contributed by atoms with Gasteiger partial charge in [0.25, 0.3) is 0 Å². The second-order valence-corrected chi connectivity index (χ2v) is 4.89. The molecule has 19 heavy (non-hydrogen) atoms. The molecule has 1 aromatic heterocycles. The van der Waals surface area contributed by atoms with Gasteiger partial charge in [0.1, 0.15) is 12.4 Å². The van der Waals surface area contributed by atoms with Gasteiger partial charge >= 0.3 is 5.97 Å². The van der Waals surface area contributed by atoms with E-state index in [1.807, 2.05) is 0 Å². The first kappa shape index (κ1) is 13.8. The molecule has 0 atom stereocenters. The highest BCUT2D eigenvalue weighted by Gasteiger charge is 2.11. The number of aliphatic carboxylic acids is 1. The van der Waals surface area contributed by atoms with E-state index in [9.17, 15) is 9.18 Å². The van der Waals surface area contributed by atoms with Crippen molar-refractivity contribution in [2.24, 2.45) is 0 Å². The Bertz CT molecular complexity index is 607. The lowest BCUT2D eigenvalue weighted by atomic mass is 10.2. The summed E-state index contributed by atoms with van der Waals surface area (Å²) < 4.78 is 14.0. The Morgan fingerprint density at radius 3 is 3.00 bits per heavy atom. The summed E-state index contributed by atoms with van der Waals surface area (Å²) in [5.41, 5.74) is 0.720. The van der Waals surface area contributed by atoms with Crippen molar-refractivity contribution in [1.29, 1.82) is 0 Å². The first-order valence-electron chi connectivity index (χ1n) is 5.11. The third kappa shape index (κ3) is 3.65. The molecular formula is C10H8ClFN4O2S. The predicted octanol–water partition coefficient (Wildman–Crippen LogP) is 1.84. The Hall–Kier alpha value is -1.67. The summed E-state index contributed by atoms with van der Waals surface area (Å²) in [5, 5.41) is 20.0. The first-order valence-corrected chi connectivity index (χ1v) is 6.47. The third-order valence-electron chi connectivity index (χ3n) is 2.16. The van der Waals surface area contributed by atoms with Gasteiger partial charge in [0.15, 0.2) is 0 Å². The maximum Gasteiger partial charge on any atom is 0.325 e. The smallest absolute Gasteiger partial charge is 0.325 e. The molecule has 0 amide bonds. The van der Waals surface area contributed by atoms with Crippen LogP contribution in [-0.4, -0.2) is 31.3 Å². The van der Waals surface area contributed by atoms with Gasteiger partial charge in [0.05, 0.1) is 0 Å². The molecule has 6 nitrogen and oxygen atoms in total. The molecule has 0 bridgehead atoms. The van der Waals surface area contributed by atoms with Crippen LogP contribution < -0.4 is 0 Å². The highest BCUT2D eigenvalue weighted by molar-refractivity contribution is 7.98. The average molecular weight is 303 g/mol. The van der Waals surface area contributed by atoms with E-state index < -0.39 is 11.8 Å². The van der Waals surface area contributed by atoms with Gasteiger partial charge in [0, 0.05) is 10.8 Å². The minimum Gasteiger partial charge on any atom is -0.480 e. The van der Waals surface area contributed by atoms with Gasteiger partial charge in [0.2, 0.25) is 5.16 Å². The monoisotopic (exact) mass is 302 g/mol. The van der Waals surface area contributed by atoms with Crippen molar-refractivity contribution in [2.75, 3.05) is 0 Å². The summed E-state index contributed by atoms with van der Waals surface area (Å²) >= 11 is 7.11. The summed E-state index contributed by atoms with van der Waals surface area (Å²) in [6, 6.07) is 4.09. The molecule has 0 radical (unpaired) electrons. The molecule has 0 unspecified atom stereocenters. The molecule has 0 spiro atoms. The molecule has 2 aromatic rings. The van der Waals surface area contributed by atoms with Crippen LogP contribution in [0.1, 0.15) is 5.56 Å². The molecule has 100 valence electrons. The van der Waals surface area contributed by atoms with Crippen LogP contribution in [0.3, 0.4) is 0 Å². The van der Waals surface area contributed by atoms with Crippen LogP contribution >= 0.6 is 23.4 Å². The minimum absolute atomic E-state index is 0.310. The maximum atomic E-state index is 12.9. The number of tetrazole rings is 1. The molecule has 1 N–H and O–H groups in total. The largest absolute Gasteiger partial charge is 0.480 e. The Morgan fingerprint density at radius 1 is 1.53 bits per heavy atom. The van der Waals surface area contributed by atoms with Crippen molar-refractivity contribution >= 4 is 29.3 Å². The number of thioether (sulfide) groups is 1. The number of carboxylic acids is 1. The standard InChI is InChI=1S/C10H8ClFN4O2S/c11-8-3-7(12)2-1-6(8)5-19-10-13-14-15-16(10)4-9(17)18/h1-3H,4-5H2,(H,17,18). The Morgan fingerprint density at radius 2 is 2.32 bits per heavy atom. The van der Waals surface area contributed by atoms with Gasteiger partial charge in [-0.15, -0.1) is 5.10 Å². The predicted molar refractivity (Wildman–Crippen MR) is 66.4 cm³/mol. The zero-order valence-corrected chi connectivity index (χ0v) is 11.0. The molecule has 0 aliphatic carbocycles. The lowest BCUT2D eigenvalue weighted by Gasteiger charge is -2.04. The normalized spacial score (nSPS) is 10.6. The van der Waals surface area contributed by atoms with Crippen molar-refractivity contribution in [1.82, 2.24) is 20.2 Å². The van der Waals surface area contributed by atoms with Crippen LogP contribution in [0.5, 0.6) is 0 Å². The number of carbonyl (C=O) groups is 1. The van der Waals surface area contributed by atoms with Crippen molar-refractivity contribution in [3.8, 4) is 0 Å². The van der Waals surface area contributed by atoms with Gasteiger partial charge in [-0.05, 0) is 28.1 Å². The van der Waals surface area contributed by atoms with E-state index in [-0.39, 0.29) is 6.54 Å². The number of nitrogens with zero attached hydrogens (tertiary/aromatic N) is 4. The maximum absolute atomic E-state index is 12.9. The fourth-order valence-corrected chi connectivity index (χ4v) is 2.50. The molecular weight excluding hydrogens is 295 g/mol. The Kier molecular flexibility index (Phi) is 4.33. The molecule has 0 fully saturated rings. The molecule has 1 heterocycles. The van der Waals surface area contributed by atoms with E-state index in [1.165, 1.54) is 28.6 Å². The van der Waals surface area contributed by atoms with Crippen molar-refractivity contribution in [2.45, 2.75) is 17.5 Å². The Balaban J connectivity index is 2.06. The van der Waals surface area contributed by atoms with E-state index in [0.717, 1.165) is 5.56 Å². The summed E-state index contributed by atoms with van der Waals surface area (Å²) in [4.78, 5) is 10.6. The quantitative estimate of drug-likeness (QED) is 0.849. The third-order valence-corrected chi connectivity index (χ3v) is 3.51. The molecule has 0 aliphatic heterocycles. The van der Waals surface area contributed by atoms with Crippen molar-refractivity contribution < 1.29 is 14.3 Å². The zero-order valence-electron chi connectivity index (χ0n) is 9.45. The highest BCUT2D eigenvalue weighted by atomic mass is 35.5. The fourth-order valence-electron chi connectivity index (χ4n) is 1.31. The molecule has 9 heteroatoms. The zero-order chi connectivity index (χ0) is 13.8. The van der Waals surface area contributed by atoms with E-state index >= 15 is 0 Å². The highest BCUT2D eigenvalue weighted by Crippen LogP contribution is 2.25. The molecule has 0 aliphatic rings. The van der Waals surface area contributed by atoms with E-state index in [0.29, 0.717) is 15.9 Å². The van der Waals surface area contributed by atoms with Crippen LogP contribution in [0.4, 0.5) is 4.39 Å². The van der Waals surface area contributed by atoms with Crippen molar-refractivity contribution in [3.63, 3.8) is 0 Å². The van der Waals surface area contributed by atoms with Gasteiger partial charge in [-0.2, -0.15) is 0 Å². The lowest BCUT2D eigenvalue weighted by molar-refractivity contribution is -0.138. The lowest BCUT2D eigenvalue weighted by Crippen LogP contribution is -2.11. The van der Waals surface area contributed by atoms with Crippen LogP contribution in [0.25, 0.3) is 0 Å². The topological polar surface area (TPSA) is 80.9 Å². The van der Waals surface area contributed by atoms with Crippen LogP contribution in [-0.2, 0) is 17.1 Å². The number of hydrogen-bond donors (Lipinski definition) is 1. The van der Waals surface area contributed by atoms with Crippen molar-refractivity contribution in [3.05, 3.63) is 34.6 Å². The second kappa shape index (κ2) is 5.98. The van der Waals surface area contributed by atoms with Gasteiger partial charge in [-0.25, -0.2) is 9.07 Å². The van der Waals surface area contributed by atoms with Crippen LogP contribution in [0.2, 0.25) is 5.02 Å². The molecule has 2 rings (SSSR count). The Labute approximate surface area is 116 Å². The average Bonchev–Trinajstić information content (AvgIpc) is 2.74. The number of benzene rings is 1. The van der Waals surface area contributed by atoms with Gasteiger partial charge in [-0.1, -0.05) is 29.4 Å². The van der Waals surface area contributed by atoms with E-state index in [4.69, 9.17) is 16.7 Å². The number of rotatable bonds is 5. The molecule has 1 aromatic carbocycles. The van der Waals surface area contributed by atoms with Crippen LogP contribution in [0.15, 0.2) is 23.4 Å². The van der Waals surface area contributed by atoms with Gasteiger partial charge in [-0.3, -0.25) is 4.79 Å². The van der Waals surface area contributed by atoms with E-state index in [2.05, 4.69) is 15.5 Å². The molecule has 0 saturated carbocycles. The summed E-state index contributed by atoms with van der Waals surface area (Å²) in [7, 11) is 0. The summed E-state index contributed by atoms with van der Waals surface area (Å²) in [5.74, 6) is -1.03. The first-order chi connectivity index (χ1) is 9.06. The summed E-state index contributed by atoms with van der Waals surface area (Å²) in [6.07, 6.45) is 0. The summed E-state index contributed by atoms with van der Waals surface area (Å²) in [6.45, 7) is -0.313. The second-order valence-electron chi connectivity index (χ2n) is 3.54. The number of aromatic nitrogens is 4. The number of halogens is 2. The minimum atomic E-state index is -1.03. The SMILES string of the molecule is O=C(O)Cn1nnnc1SCc1ccc(F)cc1Cl. The molecule has 0 saturated heterocycles. The fraction of sp³-hybridized carbons (Fsp3) is 0.200. The van der Waals surface area contributed by atoms with Crippen LogP contribution in [0, 0.1) is 5.82 Å². The number of carboxylic acid groups (broad SMARTS) is 1.